The molecule has 124 valence electrons. The Bertz CT molecular complexity index is 454. The van der Waals surface area contributed by atoms with E-state index >= 15 is 0 Å². The van der Waals surface area contributed by atoms with Crippen molar-refractivity contribution < 1.29 is 19.1 Å². The van der Waals surface area contributed by atoms with Crippen LogP contribution in [0.5, 0.6) is 0 Å². The molecule has 4 nitrogen and oxygen atoms in total. The Balaban J connectivity index is 1.89. The topological polar surface area (TPSA) is 59.7 Å². The Hall–Kier alpha value is -1.13. The van der Waals surface area contributed by atoms with E-state index in [1.54, 1.807) is 12.1 Å². The van der Waals surface area contributed by atoms with Gasteiger partial charge in [-0.25, -0.2) is 0 Å². The van der Waals surface area contributed by atoms with Crippen LogP contribution < -0.4 is 0 Å². The highest BCUT2D eigenvalue weighted by molar-refractivity contribution is 5.93. The molecular formula is C18H28O4. The van der Waals surface area contributed by atoms with Gasteiger partial charge in [-0.1, -0.05) is 26.2 Å². The average molecular weight is 308 g/mol. The fourth-order valence-corrected chi connectivity index (χ4v) is 3.18. The SMILES string of the molecule is CCCCC[C@@H]1CCC[C@@](C)([C@H](O)CC(=O)c2ccco2)O1. The maximum atomic E-state index is 12.1. The monoisotopic (exact) mass is 308 g/mol. The van der Waals surface area contributed by atoms with Crippen molar-refractivity contribution in [3.63, 3.8) is 0 Å². The molecule has 0 unspecified atom stereocenters. The van der Waals surface area contributed by atoms with Crippen LogP contribution in [0.25, 0.3) is 0 Å². The average Bonchev–Trinajstić information content (AvgIpc) is 3.02. The van der Waals surface area contributed by atoms with Crippen molar-refractivity contribution in [1.82, 2.24) is 0 Å². The molecule has 1 N–H and O–H groups in total. The van der Waals surface area contributed by atoms with E-state index in [-0.39, 0.29) is 18.3 Å². The summed E-state index contributed by atoms with van der Waals surface area (Å²) >= 11 is 0. The molecule has 2 heterocycles. The van der Waals surface area contributed by atoms with Crippen LogP contribution in [0, 0.1) is 0 Å². The number of aliphatic hydroxyl groups is 1. The number of ketones is 1. The molecule has 2 rings (SSSR count). The molecule has 0 spiro atoms. The van der Waals surface area contributed by atoms with Gasteiger partial charge in [0.1, 0.15) is 0 Å². The molecule has 1 aliphatic rings. The molecule has 1 fully saturated rings. The van der Waals surface area contributed by atoms with Crippen molar-refractivity contribution in [2.75, 3.05) is 0 Å². The van der Waals surface area contributed by atoms with E-state index in [4.69, 9.17) is 9.15 Å². The molecular weight excluding hydrogens is 280 g/mol. The molecule has 1 aromatic rings. The van der Waals surface area contributed by atoms with Crippen LogP contribution >= 0.6 is 0 Å². The van der Waals surface area contributed by atoms with Crippen LogP contribution in [0.4, 0.5) is 0 Å². The standard InChI is InChI=1S/C18H28O4/c1-3-4-5-8-14-9-6-11-18(2,22-14)17(20)13-15(19)16-10-7-12-21-16/h7,10,12,14,17,20H,3-6,8-9,11,13H2,1-2H3/t14-,17-,18+/m1/s1. The molecule has 0 aromatic carbocycles. The largest absolute Gasteiger partial charge is 0.461 e. The summed E-state index contributed by atoms with van der Waals surface area (Å²) in [7, 11) is 0. The Morgan fingerprint density at radius 3 is 3.00 bits per heavy atom. The molecule has 0 aliphatic carbocycles. The maximum Gasteiger partial charge on any atom is 0.200 e. The lowest BCUT2D eigenvalue weighted by molar-refractivity contribution is -0.173. The van der Waals surface area contributed by atoms with Gasteiger partial charge >= 0.3 is 0 Å². The van der Waals surface area contributed by atoms with Crippen molar-refractivity contribution in [1.29, 1.82) is 0 Å². The zero-order chi connectivity index (χ0) is 16.0. The molecule has 1 aliphatic heterocycles. The molecule has 0 radical (unpaired) electrons. The van der Waals surface area contributed by atoms with E-state index in [2.05, 4.69) is 6.92 Å². The minimum Gasteiger partial charge on any atom is -0.461 e. The van der Waals surface area contributed by atoms with E-state index in [1.165, 1.54) is 25.5 Å². The van der Waals surface area contributed by atoms with Gasteiger partial charge in [-0.3, -0.25) is 4.79 Å². The first kappa shape index (κ1) is 17.2. The molecule has 1 aromatic heterocycles. The van der Waals surface area contributed by atoms with Crippen molar-refractivity contribution in [2.45, 2.75) is 83.0 Å². The van der Waals surface area contributed by atoms with Crippen LogP contribution in [0.1, 0.15) is 75.8 Å². The number of hydrogen-bond acceptors (Lipinski definition) is 4. The Morgan fingerprint density at radius 1 is 1.50 bits per heavy atom. The van der Waals surface area contributed by atoms with Gasteiger partial charge in [-0.15, -0.1) is 0 Å². The van der Waals surface area contributed by atoms with Gasteiger partial charge in [-0.05, 0) is 44.7 Å². The fraction of sp³-hybridized carbons (Fsp3) is 0.722. The van der Waals surface area contributed by atoms with E-state index in [0.29, 0.717) is 5.76 Å². The summed E-state index contributed by atoms with van der Waals surface area (Å²) in [5, 5.41) is 10.5. The third kappa shape index (κ3) is 4.43. The number of rotatable bonds is 8. The number of furan rings is 1. The number of unbranched alkanes of at least 4 members (excludes halogenated alkanes) is 2. The van der Waals surface area contributed by atoms with Gasteiger partial charge in [0.15, 0.2) is 5.76 Å². The second-order valence-corrected chi connectivity index (χ2v) is 6.56. The highest BCUT2D eigenvalue weighted by atomic mass is 16.5. The van der Waals surface area contributed by atoms with Gasteiger partial charge < -0.3 is 14.3 Å². The quantitative estimate of drug-likeness (QED) is 0.579. The summed E-state index contributed by atoms with van der Waals surface area (Å²) in [6, 6.07) is 3.31. The first-order valence-corrected chi connectivity index (χ1v) is 8.47. The second-order valence-electron chi connectivity index (χ2n) is 6.56. The number of ether oxygens (including phenoxy) is 1. The highest BCUT2D eigenvalue weighted by Crippen LogP contribution is 2.34. The zero-order valence-electron chi connectivity index (χ0n) is 13.7. The van der Waals surface area contributed by atoms with Gasteiger partial charge in [0.2, 0.25) is 5.78 Å². The predicted molar refractivity (Wildman–Crippen MR) is 84.9 cm³/mol. The summed E-state index contributed by atoms with van der Waals surface area (Å²) < 4.78 is 11.3. The third-order valence-electron chi connectivity index (χ3n) is 4.64. The lowest BCUT2D eigenvalue weighted by Gasteiger charge is -2.41. The molecule has 3 atom stereocenters. The van der Waals surface area contributed by atoms with E-state index in [0.717, 1.165) is 25.7 Å². The molecule has 1 saturated heterocycles. The number of Topliss-reactive ketones (excluding diaryl/α,β-unsaturated/α-hetero) is 1. The lowest BCUT2D eigenvalue weighted by Crippen LogP contribution is -2.48. The fourth-order valence-electron chi connectivity index (χ4n) is 3.18. The third-order valence-corrected chi connectivity index (χ3v) is 4.64. The minimum atomic E-state index is -0.793. The summed E-state index contributed by atoms with van der Waals surface area (Å²) in [6.45, 7) is 4.12. The number of carbonyl (C=O) groups excluding carboxylic acids is 1. The minimum absolute atomic E-state index is 0.0473. The number of aliphatic hydroxyl groups excluding tert-OH is 1. The Kier molecular flexibility index (Phi) is 6.21. The second kappa shape index (κ2) is 7.93. The van der Waals surface area contributed by atoms with E-state index < -0.39 is 11.7 Å². The van der Waals surface area contributed by atoms with Gasteiger partial charge in [0.25, 0.3) is 0 Å². The van der Waals surface area contributed by atoms with Gasteiger partial charge in [0.05, 0.1) is 24.1 Å². The van der Waals surface area contributed by atoms with Crippen LogP contribution in [-0.4, -0.2) is 28.7 Å². The van der Waals surface area contributed by atoms with Crippen LogP contribution in [0.15, 0.2) is 22.8 Å². The normalized spacial score (nSPS) is 26.8. The highest BCUT2D eigenvalue weighted by Gasteiger charge is 2.40. The summed E-state index contributed by atoms with van der Waals surface area (Å²) in [5.74, 6) is 0.133. The summed E-state index contributed by atoms with van der Waals surface area (Å²) in [6.07, 6.45) is 8.45. The number of carbonyl (C=O) groups is 1. The van der Waals surface area contributed by atoms with Gasteiger partial charge in [-0.2, -0.15) is 0 Å². The van der Waals surface area contributed by atoms with Crippen LogP contribution in [-0.2, 0) is 4.74 Å². The smallest absolute Gasteiger partial charge is 0.200 e. The number of hydrogen-bond donors (Lipinski definition) is 1. The molecule has 22 heavy (non-hydrogen) atoms. The Labute approximate surface area is 132 Å². The predicted octanol–water partition coefficient (Wildman–Crippen LogP) is 4.12. The summed E-state index contributed by atoms with van der Waals surface area (Å²) in [5.41, 5.74) is -0.628. The lowest BCUT2D eigenvalue weighted by atomic mass is 9.85. The molecule has 0 bridgehead atoms. The molecule has 0 saturated carbocycles. The maximum absolute atomic E-state index is 12.1. The summed E-state index contributed by atoms with van der Waals surface area (Å²) in [4.78, 5) is 12.1. The van der Waals surface area contributed by atoms with Crippen molar-refractivity contribution in [3.05, 3.63) is 24.2 Å². The van der Waals surface area contributed by atoms with Crippen molar-refractivity contribution >= 4 is 5.78 Å². The van der Waals surface area contributed by atoms with Crippen LogP contribution in [0.3, 0.4) is 0 Å². The van der Waals surface area contributed by atoms with Gasteiger partial charge in [0, 0.05) is 6.42 Å². The molecule has 4 heteroatoms. The first-order chi connectivity index (χ1) is 10.5. The van der Waals surface area contributed by atoms with Crippen molar-refractivity contribution in [2.24, 2.45) is 0 Å². The van der Waals surface area contributed by atoms with Crippen LogP contribution in [0.2, 0.25) is 0 Å². The Morgan fingerprint density at radius 2 is 2.32 bits per heavy atom. The van der Waals surface area contributed by atoms with Crippen molar-refractivity contribution in [3.8, 4) is 0 Å². The first-order valence-electron chi connectivity index (χ1n) is 8.47. The van der Waals surface area contributed by atoms with E-state index in [1.807, 2.05) is 6.92 Å². The molecule has 0 amide bonds. The van der Waals surface area contributed by atoms with E-state index in [9.17, 15) is 9.90 Å². The zero-order valence-corrected chi connectivity index (χ0v) is 13.7.